The van der Waals surface area contributed by atoms with Gasteiger partial charge in [-0.1, -0.05) is 66.7 Å². The fourth-order valence-electron chi connectivity index (χ4n) is 3.97. The van der Waals surface area contributed by atoms with E-state index in [0.717, 1.165) is 28.2 Å². The minimum Gasteiger partial charge on any atom is -0.496 e. The van der Waals surface area contributed by atoms with Crippen molar-refractivity contribution in [3.63, 3.8) is 0 Å². The maximum Gasteiger partial charge on any atom is 0.123 e. The van der Waals surface area contributed by atoms with Gasteiger partial charge in [0.2, 0.25) is 0 Å². The smallest absolute Gasteiger partial charge is 0.123 e. The van der Waals surface area contributed by atoms with Crippen molar-refractivity contribution >= 4 is 0 Å². The van der Waals surface area contributed by atoms with E-state index in [-0.39, 0.29) is 6.61 Å². The number of benzene rings is 3. The molecule has 3 N–H and O–H groups in total. The zero-order valence-electron chi connectivity index (χ0n) is 16.3. The van der Waals surface area contributed by atoms with Crippen molar-refractivity contribution in [3.05, 3.63) is 95.6 Å². The van der Waals surface area contributed by atoms with Gasteiger partial charge in [0.25, 0.3) is 0 Å². The van der Waals surface area contributed by atoms with Gasteiger partial charge in [0, 0.05) is 17.2 Å². The predicted octanol–water partition coefficient (Wildman–Crippen LogP) is 3.75. The molecular weight excluding hydrogens is 350 g/mol. The number of aliphatic hydroxyl groups excluding tert-OH is 1. The highest BCUT2D eigenvalue weighted by Gasteiger charge is 2.41. The fourth-order valence-corrected chi connectivity index (χ4v) is 3.97. The minimum atomic E-state index is -0.650. The number of rotatable bonds is 8. The molecule has 3 rings (SSSR count). The van der Waals surface area contributed by atoms with Crippen molar-refractivity contribution in [1.82, 2.24) is 0 Å². The summed E-state index contributed by atoms with van der Waals surface area (Å²) in [6.45, 7) is -0.112. The van der Waals surface area contributed by atoms with E-state index in [2.05, 4.69) is 24.3 Å². The summed E-state index contributed by atoms with van der Waals surface area (Å²) in [5.74, 6) is 1.53. The van der Waals surface area contributed by atoms with Gasteiger partial charge in [-0.3, -0.25) is 0 Å². The van der Waals surface area contributed by atoms with Gasteiger partial charge in [0.15, 0.2) is 0 Å². The van der Waals surface area contributed by atoms with Crippen LogP contribution in [0.3, 0.4) is 0 Å². The van der Waals surface area contributed by atoms with E-state index in [1.807, 2.05) is 54.6 Å². The second-order valence-corrected chi connectivity index (χ2v) is 6.82. The molecule has 0 heterocycles. The topological polar surface area (TPSA) is 64.7 Å². The summed E-state index contributed by atoms with van der Waals surface area (Å²) in [6.07, 6.45) is 0.494. The summed E-state index contributed by atoms with van der Waals surface area (Å²) in [5, 5.41) is 9.80. The van der Waals surface area contributed by atoms with Crippen LogP contribution in [0.2, 0.25) is 0 Å². The number of methoxy groups -OCH3 is 2. The molecule has 0 spiro atoms. The summed E-state index contributed by atoms with van der Waals surface area (Å²) < 4.78 is 11.5. The van der Waals surface area contributed by atoms with Crippen LogP contribution in [0.15, 0.2) is 78.9 Å². The average Bonchev–Trinajstić information content (AvgIpc) is 2.78. The first-order valence-corrected chi connectivity index (χ1v) is 9.36. The highest BCUT2D eigenvalue weighted by molar-refractivity contribution is 5.59. The molecule has 0 saturated carbocycles. The maximum absolute atomic E-state index is 9.80. The van der Waals surface area contributed by atoms with Crippen molar-refractivity contribution in [2.24, 2.45) is 5.73 Å². The van der Waals surface area contributed by atoms with Crippen molar-refractivity contribution in [2.75, 3.05) is 20.8 Å². The first-order valence-electron chi connectivity index (χ1n) is 9.36. The van der Waals surface area contributed by atoms with Crippen LogP contribution in [-0.4, -0.2) is 32.0 Å². The molecule has 4 nitrogen and oxygen atoms in total. The summed E-state index contributed by atoms with van der Waals surface area (Å²) in [5.41, 5.74) is 8.70. The lowest BCUT2D eigenvalue weighted by molar-refractivity contribution is 0.246. The number of ether oxygens (including phenoxy) is 2. The van der Waals surface area contributed by atoms with Gasteiger partial charge in [-0.15, -0.1) is 0 Å². The molecule has 0 aromatic heterocycles. The normalized spacial score (nSPS) is 12.4. The van der Waals surface area contributed by atoms with Crippen LogP contribution in [0.1, 0.15) is 23.1 Å². The van der Waals surface area contributed by atoms with Gasteiger partial charge in [-0.25, -0.2) is 0 Å². The molecule has 0 radical (unpaired) electrons. The lowest BCUT2D eigenvalue weighted by atomic mass is 9.65. The van der Waals surface area contributed by atoms with Gasteiger partial charge in [0.1, 0.15) is 11.5 Å². The molecule has 28 heavy (non-hydrogen) atoms. The Labute approximate surface area is 166 Å². The van der Waals surface area contributed by atoms with Crippen LogP contribution in [0.4, 0.5) is 0 Å². The molecule has 0 amide bonds. The molecule has 0 aliphatic heterocycles. The number of nitrogens with two attached hydrogens (primary N) is 1. The molecular formula is C24H27NO3. The third-order valence-corrected chi connectivity index (χ3v) is 5.20. The van der Waals surface area contributed by atoms with Crippen molar-refractivity contribution in [1.29, 1.82) is 0 Å². The first-order chi connectivity index (χ1) is 13.7. The van der Waals surface area contributed by atoms with Crippen molar-refractivity contribution in [2.45, 2.75) is 17.9 Å². The Morgan fingerprint density at radius 2 is 1.25 bits per heavy atom. The summed E-state index contributed by atoms with van der Waals surface area (Å²) in [7, 11) is 3.34. The van der Waals surface area contributed by atoms with Crippen LogP contribution in [0, 0.1) is 0 Å². The Hall–Kier alpha value is -2.82. The predicted molar refractivity (Wildman–Crippen MR) is 112 cm³/mol. The van der Waals surface area contributed by atoms with Crippen LogP contribution in [0.25, 0.3) is 0 Å². The van der Waals surface area contributed by atoms with Crippen molar-refractivity contribution < 1.29 is 14.6 Å². The summed E-state index contributed by atoms with van der Waals surface area (Å²) >= 11 is 0. The van der Waals surface area contributed by atoms with E-state index in [1.54, 1.807) is 14.2 Å². The van der Waals surface area contributed by atoms with Crippen LogP contribution in [-0.2, 0) is 5.41 Å². The van der Waals surface area contributed by atoms with Gasteiger partial charge >= 0.3 is 0 Å². The third-order valence-electron chi connectivity index (χ3n) is 5.20. The Morgan fingerprint density at radius 1 is 0.786 bits per heavy atom. The van der Waals surface area contributed by atoms with E-state index in [1.165, 1.54) is 0 Å². The van der Waals surface area contributed by atoms with Gasteiger partial charge in [0.05, 0.1) is 26.2 Å². The second kappa shape index (κ2) is 8.91. The van der Waals surface area contributed by atoms with Gasteiger partial charge in [-0.2, -0.15) is 0 Å². The zero-order chi connectivity index (χ0) is 20.0. The molecule has 1 unspecified atom stereocenters. The highest BCUT2D eigenvalue weighted by atomic mass is 16.5. The number of hydrogen-bond donors (Lipinski definition) is 2. The molecule has 0 saturated heterocycles. The first kappa shape index (κ1) is 19.9. The van der Waals surface area contributed by atoms with Gasteiger partial charge in [-0.05, 0) is 24.1 Å². The molecule has 0 aliphatic rings. The SMILES string of the molecule is COc1ccccc1C(CC(N)CO)(c1ccccc1)c1ccccc1OC. The average molecular weight is 377 g/mol. The molecule has 1 atom stereocenters. The largest absolute Gasteiger partial charge is 0.496 e. The molecule has 0 fully saturated rings. The molecule has 4 heteroatoms. The fraction of sp³-hybridized carbons (Fsp3) is 0.250. The van der Waals surface area contributed by atoms with E-state index < -0.39 is 11.5 Å². The van der Waals surface area contributed by atoms with Crippen LogP contribution in [0.5, 0.6) is 11.5 Å². The Morgan fingerprint density at radius 3 is 1.71 bits per heavy atom. The molecule has 3 aromatic carbocycles. The maximum atomic E-state index is 9.80. The lowest BCUT2D eigenvalue weighted by Gasteiger charge is -2.39. The standard InChI is InChI=1S/C24H27NO3/c1-27-22-14-8-6-12-20(22)24(16-19(25)17-26,18-10-4-3-5-11-18)21-13-7-9-15-23(21)28-2/h3-15,19,26H,16-17,25H2,1-2H3. The van der Waals surface area contributed by atoms with Crippen molar-refractivity contribution in [3.8, 4) is 11.5 Å². The number of para-hydroxylation sites is 2. The number of aliphatic hydroxyl groups is 1. The minimum absolute atomic E-state index is 0.112. The highest BCUT2D eigenvalue weighted by Crippen LogP contribution is 2.49. The molecule has 0 aliphatic carbocycles. The zero-order valence-corrected chi connectivity index (χ0v) is 16.3. The third kappa shape index (κ3) is 3.61. The Bertz CT molecular complexity index is 848. The lowest BCUT2D eigenvalue weighted by Crippen LogP contribution is -2.39. The second-order valence-electron chi connectivity index (χ2n) is 6.82. The van der Waals surface area contributed by atoms with Crippen LogP contribution >= 0.6 is 0 Å². The molecule has 146 valence electrons. The Kier molecular flexibility index (Phi) is 6.34. The van der Waals surface area contributed by atoms with E-state index in [9.17, 15) is 5.11 Å². The molecule has 3 aromatic rings. The van der Waals surface area contributed by atoms with Crippen LogP contribution < -0.4 is 15.2 Å². The van der Waals surface area contributed by atoms with E-state index in [0.29, 0.717) is 6.42 Å². The quantitative estimate of drug-likeness (QED) is 0.587. The van der Waals surface area contributed by atoms with E-state index >= 15 is 0 Å². The monoisotopic (exact) mass is 377 g/mol. The van der Waals surface area contributed by atoms with Gasteiger partial charge < -0.3 is 20.3 Å². The summed E-state index contributed by atoms with van der Waals surface area (Å²) in [6, 6.07) is 25.7. The summed E-state index contributed by atoms with van der Waals surface area (Å²) in [4.78, 5) is 0. The number of hydrogen-bond acceptors (Lipinski definition) is 4. The Balaban J connectivity index is 2.42. The molecule has 0 bridgehead atoms. The van der Waals surface area contributed by atoms with E-state index in [4.69, 9.17) is 15.2 Å².